The number of aliphatic hydroxyl groups excluding tert-OH is 1. The van der Waals surface area contributed by atoms with E-state index in [0.717, 1.165) is 11.3 Å². The van der Waals surface area contributed by atoms with Gasteiger partial charge in [-0.05, 0) is 24.0 Å². The maximum atomic E-state index is 12.4. The Kier molecular flexibility index (Phi) is 5.87. The highest BCUT2D eigenvalue weighted by molar-refractivity contribution is 7.16. The SMILES string of the molecule is CCC/C(=N\OCc1ccc(Cl)s1)C1=C(O)CC(C)(C)CC1=O. The Balaban J connectivity index is 2.16. The lowest BCUT2D eigenvalue weighted by molar-refractivity contribution is -0.118. The maximum absolute atomic E-state index is 12.4. The second-order valence-electron chi connectivity index (χ2n) is 6.53. The summed E-state index contributed by atoms with van der Waals surface area (Å²) in [7, 11) is 0. The summed E-state index contributed by atoms with van der Waals surface area (Å²) in [5.74, 6) is 0.0648. The molecule has 0 bridgehead atoms. The van der Waals surface area contributed by atoms with E-state index in [1.807, 2.05) is 32.9 Å². The van der Waals surface area contributed by atoms with Gasteiger partial charge >= 0.3 is 0 Å². The molecule has 0 unspecified atom stereocenters. The van der Waals surface area contributed by atoms with Crippen LogP contribution in [0, 0.1) is 5.41 Å². The van der Waals surface area contributed by atoms with Crippen LogP contribution in [0.15, 0.2) is 28.6 Å². The zero-order valence-electron chi connectivity index (χ0n) is 13.7. The number of hydrogen-bond donors (Lipinski definition) is 1. The summed E-state index contributed by atoms with van der Waals surface area (Å²) in [6.07, 6.45) is 2.31. The monoisotopic (exact) mass is 355 g/mol. The van der Waals surface area contributed by atoms with Crippen LogP contribution in [0.4, 0.5) is 0 Å². The lowest BCUT2D eigenvalue weighted by Gasteiger charge is -2.29. The molecule has 1 aromatic heterocycles. The van der Waals surface area contributed by atoms with Crippen molar-refractivity contribution in [2.75, 3.05) is 0 Å². The number of carbonyl (C=O) groups is 1. The summed E-state index contributed by atoms with van der Waals surface area (Å²) in [4.78, 5) is 18.8. The van der Waals surface area contributed by atoms with Gasteiger partial charge in [0.05, 0.1) is 15.6 Å². The van der Waals surface area contributed by atoms with Crippen molar-refractivity contribution in [3.05, 3.63) is 32.7 Å². The Morgan fingerprint density at radius 2 is 2.17 bits per heavy atom. The number of allylic oxidation sites excluding steroid dienone is 2. The van der Waals surface area contributed by atoms with Gasteiger partial charge in [0.2, 0.25) is 0 Å². The third-order valence-electron chi connectivity index (χ3n) is 3.64. The number of ketones is 1. The van der Waals surface area contributed by atoms with Crippen molar-refractivity contribution < 1.29 is 14.7 Å². The smallest absolute Gasteiger partial charge is 0.168 e. The second kappa shape index (κ2) is 7.49. The highest BCUT2D eigenvalue weighted by Crippen LogP contribution is 2.36. The minimum absolute atomic E-state index is 0.0614. The fourth-order valence-electron chi connectivity index (χ4n) is 2.67. The van der Waals surface area contributed by atoms with E-state index in [0.29, 0.717) is 41.5 Å². The molecule has 0 aliphatic heterocycles. The predicted molar refractivity (Wildman–Crippen MR) is 94.1 cm³/mol. The quantitative estimate of drug-likeness (QED) is 0.558. The Bertz CT molecular complexity index is 646. The average molecular weight is 356 g/mol. The Labute approximate surface area is 145 Å². The zero-order chi connectivity index (χ0) is 17.0. The van der Waals surface area contributed by atoms with Gasteiger partial charge in [-0.15, -0.1) is 11.3 Å². The largest absolute Gasteiger partial charge is 0.511 e. The van der Waals surface area contributed by atoms with Gasteiger partial charge in [0, 0.05) is 17.7 Å². The first kappa shape index (κ1) is 18.0. The summed E-state index contributed by atoms with van der Waals surface area (Å²) in [5, 5.41) is 14.4. The van der Waals surface area contributed by atoms with E-state index in [-0.39, 0.29) is 17.0 Å². The van der Waals surface area contributed by atoms with E-state index in [4.69, 9.17) is 16.4 Å². The fraction of sp³-hybridized carbons (Fsp3) is 0.529. The molecule has 0 atom stereocenters. The van der Waals surface area contributed by atoms with Crippen molar-refractivity contribution in [3.63, 3.8) is 0 Å². The normalized spacial score (nSPS) is 18.4. The molecule has 6 heteroatoms. The van der Waals surface area contributed by atoms with Crippen LogP contribution in [0.25, 0.3) is 0 Å². The van der Waals surface area contributed by atoms with E-state index in [1.165, 1.54) is 11.3 Å². The Morgan fingerprint density at radius 1 is 1.43 bits per heavy atom. The van der Waals surface area contributed by atoms with Crippen LogP contribution in [0.1, 0.15) is 51.3 Å². The van der Waals surface area contributed by atoms with Crippen molar-refractivity contribution in [2.45, 2.75) is 53.1 Å². The van der Waals surface area contributed by atoms with Crippen molar-refractivity contribution >= 4 is 34.4 Å². The average Bonchev–Trinajstić information content (AvgIpc) is 2.82. The predicted octanol–water partition coefficient (Wildman–Crippen LogP) is 5.28. The highest BCUT2D eigenvalue weighted by atomic mass is 35.5. The van der Waals surface area contributed by atoms with Gasteiger partial charge < -0.3 is 9.94 Å². The minimum atomic E-state index is -0.212. The molecule has 0 radical (unpaired) electrons. The van der Waals surface area contributed by atoms with Crippen LogP contribution in [-0.4, -0.2) is 16.6 Å². The van der Waals surface area contributed by atoms with Crippen LogP contribution in [-0.2, 0) is 16.2 Å². The van der Waals surface area contributed by atoms with Gasteiger partial charge in [-0.3, -0.25) is 4.79 Å². The number of halogens is 1. The van der Waals surface area contributed by atoms with E-state index >= 15 is 0 Å². The van der Waals surface area contributed by atoms with E-state index < -0.39 is 0 Å². The molecule has 126 valence electrons. The molecule has 1 aromatic rings. The van der Waals surface area contributed by atoms with Gasteiger partial charge in [0.25, 0.3) is 0 Å². The number of aliphatic hydroxyl groups is 1. The number of nitrogens with zero attached hydrogens (tertiary/aromatic N) is 1. The molecule has 0 fully saturated rings. The molecule has 0 aromatic carbocycles. The first-order valence-electron chi connectivity index (χ1n) is 7.71. The topological polar surface area (TPSA) is 58.9 Å². The number of hydrogen-bond acceptors (Lipinski definition) is 5. The first-order chi connectivity index (χ1) is 10.8. The van der Waals surface area contributed by atoms with Crippen LogP contribution in [0.2, 0.25) is 4.34 Å². The number of Topliss-reactive ketones (excluding diaryl/α,β-unsaturated/α-hetero) is 1. The molecular formula is C17H22ClNO3S. The van der Waals surface area contributed by atoms with Crippen molar-refractivity contribution in [2.24, 2.45) is 10.6 Å². The summed E-state index contributed by atoms with van der Waals surface area (Å²) >= 11 is 7.31. The van der Waals surface area contributed by atoms with E-state index in [2.05, 4.69) is 5.16 Å². The second-order valence-corrected chi connectivity index (χ2v) is 8.33. The number of carbonyl (C=O) groups excluding carboxylic acids is 1. The molecule has 2 rings (SSSR count). The minimum Gasteiger partial charge on any atom is -0.511 e. The molecule has 1 N–H and O–H groups in total. The third-order valence-corrected chi connectivity index (χ3v) is 4.84. The van der Waals surface area contributed by atoms with Crippen molar-refractivity contribution in [3.8, 4) is 0 Å². The number of oxime groups is 1. The van der Waals surface area contributed by atoms with Gasteiger partial charge in [-0.2, -0.15) is 0 Å². The molecule has 0 amide bonds. The molecule has 0 spiro atoms. The number of rotatable bonds is 6. The van der Waals surface area contributed by atoms with Crippen molar-refractivity contribution in [1.29, 1.82) is 0 Å². The molecule has 1 aliphatic rings. The summed E-state index contributed by atoms with van der Waals surface area (Å²) < 4.78 is 0.700. The molecule has 1 heterocycles. The third kappa shape index (κ3) is 4.82. The first-order valence-corrected chi connectivity index (χ1v) is 8.90. The van der Waals surface area contributed by atoms with Crippen LogP contribution in [0.5, 0.6) is 0 Å². The zero-order valence-corrected chi connectivity index (χ0v) is 15.3. The van der Waals surface area contributed by atoms with Gasteiger partial charge in [0.15, 0.2) is 12.4 Å². The molecule has 0 saturated heterocycles. The highest BCUT2D eigenvalue weighted by Gasteiger charge is 2.35. The van der Waals surface area contributed by atoms with Crippen LogP contribution >= 0.6 is 22.9 Å². The summed E-state index contributed by atoms with van der Waals surface area (Å²) in [6.45, 7) is 6.26. The van der Waals surface area contributed by atoms with Gasteiger partial charge in [0.1, 0.15) is 5.76 Å². The lowest BCUT2D eigenvalue weighted by atomic mass is 9.75. The van der Waals surface area contributed by atoms with Gasteiger partial charge in [-0.1, -0.05) is 43.9 Å². The van der Waals surface area contributed by atoms with E-state index in [9.17, 15) is 9.90 Å². The molecular weight excluding hydrogens is 334 g/mol. The van der Waals surface area contributed by atoms with Crippen molar-refractivity contribution in [1.82, 2.24) is 0 Å². The van der Waals surface area contributed by atoms with E-state index in [1.54, 1.807) is 0 Å². The molecule has 4 nitrogen and oxygen atoms in total. The number of thiophene rings is 1. The maximum Gasteiger partial charge on any atom is 0.168 e. The van der Waals surface area contributed by atoms with Crippen LogP contribution < -0.4 is 0 Å². The molecule has 0 saturated carbocycles. The fourth-order valence-corrected chi connectivity index (χ4v) is 3.67. The van der Waals surface area contributed by atoms with Gasteiger partial charge in [-0.25, -0.2) is 0 Å². The summed E-state index contributed by atoms with van der Waals surface area (Å²) in [6, 6.07) is 3.69. The summed E-state index contributed by atoms with van der Waals surface area (Å²) in [5.41, 5.74) is 0.667. The van der Waals surface area contributed by atoms with Crippen LogP contribution in [0.3, 0.4) is 0 Å². The Hall–Kier alpha value is -1.33. The molecule has 1 aliphatic carbocycles. The standard InChI is InChI=1S/C17H22ClNO3S/c1-4-5-12(19-22-10-11-6-7-15(18)23-11)16-13(20)8-17(2,3)9-14(16)21/h6-7,20H,4-5,8-10H2,1-3H3/b19-12+. The lowest BCUT2D eigenvalue weighted by Crippen LogP contribution is -2.29. The molecule has 23 heavy (non-hydrogen) atoms. The Morgan fingerprint density at radius 3 is 2.74 bits per heavy atom.